The maximum Gasteiger partial charge on any atom is 0.100 e. The Kier molecular flexibility index (Phi) is 4.81. The first-order chi connectivity index (χ1) is 14.8. The molecule has 5 rings (SSSR count). The number of pyridine rings is 2. The highest BCUT2D eigenvalue weighted by Gasteiger charge is 2.12. The molecule has 3 heterocycles. The minimum atomic E-state index is 0.927. The van der Waals surface area contributed by atoms with Crippen LogP contribution in [0.4, 0.5) is 0 Å². The van der Waals surface area contributed by atoms with Crippen LogP contribution >= 0.6 is 0 Å². The lowest BCUT2D eigenvalue weighted by Gasteiger charge is -2.06. The Morgan fingerprint density at radius 1 is 0.767 bits per heavy atom. The van der Waals surface area contributed by atoms with Gasteiger partial charge in [0.25, 0.3) is 0 Å². The Bertz CT molecular complexity index is 1290. The summed E-state index contributed by atoms with van der Waals surface area (Å²) in [6.07, 6.45) is 7.58. The van der Waals surface area contributed by atoms with E-state index < -0.39 is 0 Å². The lowest BCUT2D eigenvalue weighted by atomic mass is 10.0. The zero-order chi connectivity index (χ0) is 20.3. The van der Waals surface area contributed by atoms with Crippen LogP contribution < -0.4 is 0 Å². The van der Waals surface area contributed by atoms with Crippen molar-refractivity contribution in [1.29, 1.82) is 0 Å². The predicted molar refractivity (Wildman–Crippen MR) is 121 cm³/mol. The Balaban J connectivity index is 1.35. The average molecular weight is 390 g/mol. The van der Waals surface area contributed by atoms with Crippen molar-refractivity contribution in [3.63, 3.8) is 0 Å². The second-order valence-electron chi connectivity index (χ2n) is 7.49. The van der Waals surface area contributed by atoms with Crippen LogP contribution in [0.2, 0.25) is 0 Å². The maximum atomic E-state index is 4.79. The molecule has 0 bridgehead atoms. The van der Waals surface area contributed by atoms with Gasteiger partial charge in [0.05, 0.1) is 5.52 Å². The normalized spacial score (nSPS) is 11.1. The molecule has 0 amide bonds. The molecular formula is C26H22N4. The summed E-state index contributed by atoms with van der Waals surface area (Å²) >= 11 is 0. The number of fused-ring (bicyclic) bond motifs is 1. The van der Waals surface area contributed by atoms with Gasteiger partial charge in [0.1, 0.15) is 5.69 Å². The Morgan fingerprint density at radius 2 is 1.57 bits per heavy atom. The minimum Gasteiger partial charge on any atom is -0.275 e. The van der Waals surface area contributed by atoms with Crippen LogP contribution in [0.1, 0.15) is 11.3 Å². The lowest BCUT2D eigenvalue weighted by molar-refractivity contribution is 0.771. The van der Waals surface area contributed by atoms with Crippen molar-refractivity contribution in [3.8, 4) is 22.4 Å². The SMILES string of the molecule is Cn1cc(-c2ccncc2)c(-c2ccc(CCc3ccc4ccccc4n3)cc2)n1. The highest BCUT2D eigenvalue weighted by molar-refractivity contribution is 5.80. The van der Waals surface area contributed by atoms with Crippen molar-refractivity contribution < 1.29 is 0 Å². The molecule has 0 saturated heterocycles. The molecule has 0 spiro atoms. The number of aromatic nitrogens is 4. The summed E-state index contributed by atoms with van der Waals surface area (Å²) in [5, 5.41) is 5.88. The van der Waals surface area contributed by atoms with Crippen molar-refractivity contribution in [1.82, 2.24) is 19.7 Å². The molecule has 3 aromatic heterocycles. The number of hydrogen-bond donors (Lipinski definition) is 0. The van der Waals surface area contributed by atoms with Crippen LogP contribution in [0.25, 0.3) is 33.3 Å². The van der Waals surface area contributed by atoms with E-state index in [1.165, 1.54) is 10.9 Å². The first kappa shape index (κ1) is 18.3. The molecule has 0 saturated carbocycles. The monoisotopic (exact) mass is 390 g/mol. The highest BCUT2D eigenvalue weighted by atomic mass is 15.2. The molecule has 0 aliphatic rings. The molecule has 30 heavy (non-hydrogen) atoms. The molecule has 0 N–H and O–H groups in total. The second kappa shape index (κ2) is 7.91. The van der Waals surface area contributed by atoms with Crippen molar-refractivity contribution in [2.24, 2.45) is 7.05 Å². The number of benzene rings is 2. The summed E-state index contributed by atoms with van der Waals surface area (Å²) in [6, 6.07) is 25.3. The van der Waals surface area contributed by atoms with E-state index >= 15 is 0 Å². The molecule has 4 nitrogen and oxygen atoms in total. The first-order valence-corrected chi connectivity index (χ1v) is 10.1. The van der Waals surface area contributed by atoms with E-state index in [1.807, 2.05) is 48.4 Å². The molecule has 0 atom stereocenters. The van der Waals surface area contributed by atoms with E-state index in [0.717, 1.165) is 46.4 Å². The molecule has 2 aromatic carbocycles. The molecule has 0 fully saturated rings. The average Bonchev–Trinajstić information content (AvgIpc) is 3.20. The van der Waals surface area contributed by atoms with Gasteiger partial charge >= 0.3 is 0 Å². The Morgan fingerprint density at radius 3 is 2.40 bits per heavy atom. The summed E-state index contributed by atoms with van der Waals surface area (Å²) in [5.41, 5.74) is 7.84. The third-order valence-corrected chi connectivity index (χ3v) is 5.37. The van der Waals surface area contributed by atoms with E-state index in [4.69, 9.17) is 10.1 Å². The fraction of sp³-hybridized carbons (Fsp3) is 0.115. The van der Waals surface area contributed by atoms with Gasteiger partial charge in [0.15, 0.2) is 0 Å². The smallest absolute Gasteiger partial charge is 0.100 e. The van der Waals surface area contributed by atoms with Gasteiger partial charge in [-0.25, -0.2) is 0 Å². The van der Waals surface area contributed by atoms with Gasteiger partial charge in [-0.1, -0.05) is 48.5 Å². The van der Waals surface area contributed by atoms with Gasteiger partial charge < -0.3 is 0 Å². The standard InChI is InChI=1S/C26H22N4/c1-30-18-24(20-14-16-27-17-15-20)26(29-30)22-9-6-19(7-10-22)8-12-23-13-11-21-4-2-3-5-25(21)28-23/h2-7,9-11,13-18H,8,12H2,1H3. The molecule has 0 unspecified atom stereocenters. The number of nitrogens with zero attached hydrogens (tertiary/aromatic N) is 4. The van der Waals surface area contributed by atoms with E-state index in [-0.39, 0.29) is 0 Å². The predicted octanol–water partition coefficient (Wildman–Crippen LogP) is 5.48. The van der Waals surface area contributed by atoms with Crippen molar-refractivity contribution in [3.05, 3.63) is 103 Å². The van der Waals surface area contributed by atoms with Crippen molar-refractivity contribution in [2.75, 3.05) is 0 Å². The van der Waals surface area contributed by atoms with Crippen LogP contribution in [0.3, 0.4) is 0 Å². The molecule has 0 aliphatic carbocycles. The molecule has 5 aromatic rings. The number of aryl methyl sites for hydroxylation is 3. The Labute approximate surface area is 175 Å². The van der Waals surface area contributed by atoms with E-state index in [1.54, 1.807) is 0 Å². The highest BCUT2D eigenvalue weighted by Crippen LogP contribution is 2.30. The third-order valence-electron chi connectivity index (χ3n) is 5.37. The molecule has 0 radical (unpaired) electrons. The molecule has 146 valence electrons. The fourth-order valence-corrected chi connectivity index (χ4v) is 3.79. The van der Waals surface area contributed by atoms with E-state index in [9.17, 15) is 0 Å². The summed E-state index contributed by atoms with van der Waals surface area (Å²) < 4.78 is 1.87. The van der Waals surface area contributed by atoms with Crippen LogP contribution in [0.15, 0.2) is 91.4 Å². The minimum absolute atomic E-state index is 0.927. The van der Waals surface area contributed by atoms with Gasteiger partial charge in [-0.15, -0.1) is 0 Å². The summed E-state index contributed by atoms with van der Waals surface area (Å²) in [6.45, 7) is 0. The number of para-hydroxylation sites is 1. The van der Waals surface area contributed by atoms with Crippen LogP contribution in [0.5, 0.6) is 0 Å². The van der Waals surface area contributed by atoms with Crippen molar-refractivity contribution >= 4 is 10.9 Å². The summed E-state index contributed by atoms with van der Waals surface area (Å²) in [7, 11) is 1.96. The topological polar surface area (TPSA) is 43.6 Å². The van der Waals surface area contributed by atoms with Gasteiger partial charge in [0.2, 0.25) is 0 Å². The zero-order valence-electron chi connectivity index (χ0n) is 16.9. The van der Waals surface area contributed by atoms with Crippen LogP contribution in [0, 0.1) is 0 Å². The fourth-order valence-electron chi connectivity index (χ4n) is 3.79. The number of hydrogen-bond acceptors (Lipinski definition) is 3. The van der Waals surface area contributed by atoms with Gasteiger partial charge in [-0.3, -0.25) is 14.6 Å². The lowest BCUT2D eigenvalue weighted by Crippen LogP contribution is -1.95. The molecule has 0 aliphatic heterocycles. The van der Waals surface area contributed by atoms with E-state index in [2.05, 4.69) is 59.7 Å². The maximum absolute atomic E-state index is 4.79. The zero-order valence-corrected chi connectivity index (χ0v) is 16.9. The number of rotatable bonds is 5. The third kappa shape index (κ3) is 3.72. The van der Waals surface area contributed by atoms with Gasteiger partial charge in [-0.2, -0.15) is 5.10 Å². The quantitative estimate of drug-likeness (QED) is 0.399. The summed E-state index contributed by atoms with van der Waals surface area (Å²) in [4.78, 5) is 8.91. The van der Waals surface area contributed by atoms with Gasteiger partial charge in [-0.05, 0) is 48.2 Å². The van der Waals surface area contributed by atoms with Gasteiger partial charge in [0, 0.05) is 47.8 Å². The van der Waals surface area contributed by atoms with E-state index in [0.29, 0.717) is 0 Å². The molecular weight excluding hydrogens is 368 g/mol. The summed E-state index contributed by atoms with van der Waals surface area (Å²) in [5.74, 6) is 0. The van der Waals surface area contributed by atoms with Crippen LogP contribution in [-0.2, 0) is 19.9 Å². The Hall–Kier alpha value is -3.79. The van der Waals surface area contributed by atoms with Crippen molar-refractivity contribution in [2.45, 2.75) is 12.8 Å². The van der Waals surface area contributed by atoms with Crippen LogP contribution in [-0.4, -0.2) is 19.7 Å². The second-order valence-corrected chi connectivity index (χ2v) is 7.49. The molecule has 4 heteroatoms. The largest absolute Gasteiger partial charge is 0.275 e. The first-order valence-electron chi connectivity index (χ1n) is 10.1.